The number of thioether (sulfide) groups is 1. The molecule has 0 atom stereocenters. The van der Waals surface area contributed by atoms with Crippen molar-refractivity contribution in [3.63, 3.8) is 0 Å². The summed E-state index contributed by atoms with van der Waals surface area (Å²) in [4.78, 5) is 18.0. The van der Waals surface area contributed by atoms with Gasteiger partial charge in [-0.2, -0.15) is 0 Å². The molecule has 0 aliphatic heterocycles. The van der Waals surface area contributed by atoms with Crippen LogP contribution in [0, 0.1) is 19.3 Å². The summed E-state index contributed by atoms with van der Waals surface area (Å²) in [5.74, 6) is 0.0878. The standard InChI is InChI=1S/C21H23N5O3S2/c1-12-4-7-15(10-13(12)2)19-25-20(30-3)17(18(22)23)21(27)26(19)11-14-5-8-16(9-6-14)31(24,28)29/h4-10H,11H2,1-3H3,(H3,22,23)(H2,24,28,29). The molecule has 0 aliphatic rings. The second-order valence-corrected chi connectivity index (χ2v) is 9.47. The van der Waals surface area contributed by atoms with Crippen LogP contribution in [0.4, 0.5) is 0 Å². The molecule has 0 saturated heterocycles. The summed E-state index contributed by atoms with van der Waals surface area (Å²) in [5, 5.41) is 13.4. The fraction of sp³-hybridized carbons (Fsp3) is 0.190. The van der Waals surface area contributed by atoms with Crippen LogP contribution in [0.2, 0.25) is 0 Å². The van der Waals surface area contributed by atoms with Gasteiger partial charge in [-0.05, 0) is 55.0 Å². The molecule has 1 heterocycles. The molecule has 3 rings (SSSR count). The van der Waals surface area contributed by atoms with Gasteiger partial charge in [-0.25, -0.2) is 18.5 Å². The highest BCUT2D eigenvalue weighted by atomic mass is 32.2. The van der Waals surface area contributed by atoms with Crippen molar-refractivity contribution in [1.82, 2.24) is 9.55 Å². The highest BCUT2D eigenvalue weighted by Crippen LogP contribution is 2.24. The van der Waals surface area contributed by atoms with Crippen molar-refractivity contribution in [1.29, 1.82) is 5.41 Å². The van der Waals surface area contributed by atoms with Gasteiger partial charge in [0.2, 0.25) is 10.0 Å². The third-order valence-electron chi connectivity index (χ3n) is 4.96. The molecule has 1 aromatic heterocycles. The number of amidine groups is 1. The molecule has 0 saturated carbocycles. The SMILES string of the molecule is CSc1nc(-c2ccc(C)c(C)c2)n(Cc2ccc(S(N)(=O)=O)cc2)c(=O)c1C(=N)N. The maximum absolute atomic E-state index is 13.3. The Balaban J connectivity index is 2.23. The van der Waals surface area contributed by atoms with E-state index in [-0.39, 0.29) is 22.8 Å². The van der Waals surface area contributed by atoms with Gasteiger partial charge in [0.15, 0.2) is 0 Å². The van der Waals surface area contributed by atoms with E-state index in [4.69, 9.17) is 16.3 Å². The summed E-state index contributed by atoms with van der Waals surface area (Å²) in [5.41, 5.74) is 8.89. The number of nitrogens with one attached hydrogen (secondary N) is 1. The van der Waals surface area contributed by atoms with E-state index >= 15 is 0 Å². The van der Waals surface area contributed by atoms with Gasteiger partial charge in [0.1, 0.15) is 22.2 Å². The number of primary sulfonamides is 1. The summed E-state index contributed by atoms with van der Waals surface area (Å²) in [6.45, 7) is 4.10. The second-order valence-electron chi connectivity index (χ2n) is 7.11. The molecular weight excluding hydrogens is 434 g/mol. The number of hydrogen-bond acceptors (Lipinski definition) is 6. The van der Waals surface area contributed by atoms with Gasteiger partial charge in [-0.3, -0.25) is 14.8 Å². The molecule has 31 heavy (non-hydrogen) atoms. The van der Waals surface area contributed by atoms with Crippen LogP contribution in [0.25, 0.3) is 11.4 Å². The summed E-state index contributed by atoms with van der Waals surface area (Å²) < 4.78 is 24.5. The minimum atomic E-state index is -3.82. The molecule has 8 nitrogen and oxygen atoms in total. The Kier molecular flexibility index (Phi) is 6.35. The molecule has 162 valence electrons. The van der Waals surface area contributed by atoms with Crippen molar-refractivity contribution in [2.75, 3.05) is 6.26 Å². The molecule has 0 fully saturated rings. The zero-order chi connectivity index (χ0) is 22.9. The molecule has 2 aromatic carbocycles. The van der Waals surface area contributed by atoms with Gasteiger partial charge in [0, 0.05) is 5.56 Å². The van der Waals surface area contributed by atoms with E-state index in [0.717, 1.165) is 16.7 Å². The molecular formula is C21H23N5O3S2. The number of nitrogen functional groups attached to an aromatic ring is 1. The predicted molar refractivity (Wildman–Crippen MR) is 123 cm³/mol. The van der Waals surface area contributed by atoms with E-state index in [1.165, 1.54) is 28.5 Å². The number of sulfonamides is 1. The van der Waals surface area contributed by atoms with Crippen LogP contribution < -0.4 is 16.4 Å². The Morgan fingerprint density at radius 2 is 1.77 bits per heavy atom. The van der Waals surface area contributed by atoms with Crippen LogP contribution in [0.15, 0.2) is 57.2 Å². The summed E-state index contributed by atoms with van der Waals surface area (Å²) in [6, 6.07) is 11.8. The number of benzene rings is 2. The molecule has 10 heteroatoms. The first-order chi connectivity index (χ1) is 14.5. The van der Waals surface area contributed by atoms with Crippen LogP contribution in [-0.4, -0.2) is 30.1 Å². The Labute approximate surface area is 184 Å². The van der Waals surface area contributed by atoms with E-state index in [1.807, 2.05) is 32.0 Å². The average Bonchev–Trinajstić information content (AvgIpc) is 2.70. The van der Waals surface area contributed by atoms with Crippen molar-refractivity contribution in [3.05, 3.63) is 75.1 Å². The molecule has 0 bridgehead atoms. The lowest BCUT2D eigenvalue weighted by Gasteiger charge is -2.17. The first-order valence-electron chi connectivity index (χ1n) is 9.25. The fourth-order valence-electron chi connectivity index (χ4n) is 3.13. The summed E-state index contributed by atoms with van der Waals surface area (Å²) >= 11 is 1.25. The Morgan fingerprint density at radius 3 is 2.29 bits per heavy atom. The Morgan fingerprint density at radius 1 is 1.13 bits per heavy atom. The van der Waals surface area contributed by atoms with Crippen LogP contribution in [0.3, 0.4) is 0 Å². The van der Waals surface area contributed by atoms with Crippen molar-refractivity contribution >= 4 is 27.6 Å². The second kappa shape index (κ2) is 8.66. The fourth-order valence-corrected chi connectivity index (χ4v) is 4.22. The zero-order valence-corrected chi connectivity index (χ0v) is 19.0. The van der Waals surface area contributed by atoms with E-state index in [9.17, 15) is 13.2 Å². The van der Waals surface area contributed by atoms with Crippen LogP contribution in [0.5, 0.6) is 0 Å². The van der Waals surface area contributed by atoms with Crippen molar-refractivity contribution in [2.24, 2.45) is 10.9 Å². The van der Waals surface area contributed by atoms with Gasteiger partial charge in [-0.15, -0.1) is 11.8 Å². The lowest BCUT2D eigenvalue weighted by molar-refractivity contribution is 0.597. The average molecular weight is 458 g/mol. The molecule has 3 aromatic rings. The molecule has 0 amide bonds. The third-order valence-corrected chi connectivity index (χ3v) is 6.57. The predicted octanol–water partition coefficient (Wildman–Crippen LogP) is 2.23. The first-order valence-corrected chi connectivity index (χ1v) is 12.0. The minimum absolute atomic E-state index is 0.0155. The Bertz CT molecular complexity index is 1330. The number of nitrogens with zero attached hydrogens (tertiary/aromatic N) is 2. The van der Waals surface area contributed by atoms with Gasteiger partial charge in [0.25, 0.3) is 5.56 Å². The van der Waals surface area contributed by atoms with Gasteiger partial charge < -0.3 is 5.73 Å². The quantitative estimate of drug-likeness (QED) is 0.224. The van der Waals surface area contributed by atoms with E-state index in [1.54, 1.807) is 18.4 Å². The number of aryl methyl sites for hydroxylation is 2. The first kappa shape index (κ1) is 22.7. The van der Waals surface area contributed by atoms with E-state index in [2.05, 4.69) is 4.98 Å². The number of aromatic nitrogens is 2. The van der Waals surface area contributed by atoms with Crippen LogP contribution in [0.1, 0.15) is 22.3 Å². The van der Waals surface area contributed by atoms with Crippen molar-refractivity contribution in [3.8, 4) is 11.4 Å². The molecule has 5 N–H and O–H groups in total. The molecule has 0 aliphatic carbocycles. The smallest absolute Gasteiger partial charge is 0.266 e. The largest absolute Gasteiger partial charge is 0.383 e. The lowest BCUT2D eigenvalue weighted by atomic mass is 10.1. The monoisotopic (exact) mass is 457 g/mol. The normalized spacial score (nSPS) is 11.5. The van der Waals surface area contributed by atoms with E-state index in [0.29, 0.717) is 16.4 Å². The van der Waals surface area contributed by atoms with Crippen molar-refractivity contribution in [2.45, 2.75) is 30.3 Å². The maximum atomic E-state index is 13.3. The zero-order valence-electron chi connectivity index (χ0n) is 17.3. The molecule has 0 radical (unpaired) electrons. The number of hydrogen-bond donors (Lipinski definition) is 3. The number of rotatable bonds is 6. The third kappa shape index (κ3) is 4.71. The molecule has 0 unspecified atom stereocenters. The Hall–Kier alpha value is -2.95. The topological polar surface area (TPSA) is 145 Å². The van der Waals surface area contributed by atoms with Gasteiger partial charge in [0.05, 0.1) is 11.4 Å². The van der Waals surface area contributed by atoms with Crippen molar-refractivity contribution < 1.29 is 8.42 Å². The highest BCUT2D eigenvalue weighted by molar-refractivity contribution is 7.98. The van der Waals surface area contributed by atoms with Crippen LogP contribution >= 0.6 is 11.8 Å². The maximum Gasteiger partial charge on any atom is 0.266 e. The highest BCUT2D eigenvalue weighted by Gasteiger charge is 2.20. The number of nitrogens with two attached hydrogens (primary N) is 2. The minimum Gasteiger partial charge on any atom is -0.383 e. The molecule has 0 spiro atoms. The summed E-state index contributed by atoms with van der Waals surface area (Å²) in [7, 11) is -3.82. The van der Waals surface area contributed by atoms with E-state index < -0.39 is 15.6 Å². The summed E-state index contributed by atoms with van der Waals surface area (Å²) in [6.07, 6.45) is 1.77. The van der Waals surface area contributed by atoms with Gasteiger partial charge >= 0.3 is 0 Å². The van der Waals surface area contributed by atoms with Crippen LogP contribution in [-0.2, 0) is 16.6 Å². The lowest BCUT2D eigenvalue weighted by Crippen LogP contribution is -2.33. The van der Waals surface area contributed by atoms with Gasteiger partial charge in [-0.1, -0.05) is 24.3 Å².